The van der Waals surface area contributed by atoms with Crippen LogP contribution in [0.25, 0.3) is 38.4 Å². The van der Waals surface area contributed by atoms with Crippen molar-refractivity contribution in [3.05, 3.63) is 72.4 Å². The topological polar surface area (TPSA) is 33.6 Å². The SMILES string of the molecule is Cc1ccccc1-n1ncc2c3[nH]c4ccccc4c3ccc21. The first-order valence-electron chi connectivity index (χ1n) is 7.76. The van der Waals surface area contributed by atoms with Crippen molar-refractivity contribution >= 4 is 32.7 Å². The Hall–Kier alpha value is -3.07. The number of para-hydroxylation sites is 2. The second-order valence-electron chi connectivity index (χ2n) is 5.93. The van der Waals surface area contributed by atoms with E-state index >= 15 is 0 Å². The number of H-pyrrole nitrogens is 1. The summed E-state index contributed by atoms with van der Waals surface area (Å²) in [6, 6.07) is 21.1. The Morgan fingerprint density at radius 1 is 0.826 bits per heavy atom. The second-order valence-corrected chi connectivity index (χ2v) is 5.93. The van der Waals surface area contributed by atoms with Crippen LogP contribution in [0.3, 0.4) is 0 Å². The summed E-state index contributed by atoms with van der Waals surface area (Å²) in [5.41, 5.74) is 5.78. The summed E-state index contributed by atoms with van der Waals surface area (Å²) >= 11 is 0. The van der Waals surface area contributed by atoms with Crippen LogP contribution >= 0.6 is 0 Å². The molecule has 0 bridgehead atoms. The van der Waals surface area contributed by atoms with Gasteiger partial charge in [-0.3, -0.25) is 0 Å². The first kappa shape index (κ1) is 12.5. The number of nitrogens with zero attached hydrogens (tertiary/aromatic N) is 2. The highest BCUT2D eigenvalue weighted by molar-refractivity contribution is 6.16. The molecule has 2 aromatic heterocycles. The zero-order chi connectivity index (χ0) is 15.4. The van der Waals surface area contributed by atoms with Crippen molar-refractivity contribution in [1.82, 2.24) is 14.8 Å². The molecule has 3 heteroatoms. The molecular weight excluding hydrogens is 282 g/mol. The van der Waals surface area contributed by atoms with Gasteiger partial charge in [0.2, 0.25) is 0 Å². The van der Waals surface area contributed by atoms with Gasteiger partial charge in [0.25, 0.3) is 0 Å². The zero-order valence-corrected chi connectivity index (χ0v) is 12.7. The molecule has 0 saturated heterocycles. The molecule has 0 radical (unpaired) electrons. The number of fused-ring (bicyclic) bond motifs is 5. The summed E-state index contributed by atoms with van der Waals surface area (Å²) in [5, 5.41) is 8.30. The Bertz CT molecular complexity index is 1180. The minimum Gasteiger partial charge on any atom is -0.354 e. The second kappa shape index (κ2) is 4.46. The fraction of sp³-hybridized carbons (Fsp3) is 0.0500. The molecule has 0 amide bonds. The average Bonchev–Trinajstić information content (AvgIpc) is 3.16. The van der Waals surface area contributed by atoms with Gasteiger partial charge >= 0.3 is 0 Å². The molecule has 110 valence electrons. The molecule has 5 aromatic rings. The molecule has 3 nitrogen and oxygen atoms in total. The normalized spacial score (nSPS) is 11.7. The van der Waals surface area contributed by atoms with E-state index < -0.39 is 0 Å². The van der Waals surface area contributed by atoms with Crippen LogP contribution < -0.4 is 0 Å². The molecule has 0 saturated carbocycles. The van der Waals surface area contributed by atoms with Crippen molar-refractivity contribution in [3.8, 4) is 5.69 Å². The Kier molecular flexibility index (Phi) is 2.42. The molecule has 23 heavy (non-hydrogen) atoms. The third-order valence-corrected chi connectivity index (χ3v) is 4.57. The van der Waals surface area contributed by atoms with E-state index in [-0.39, 0.29) is 0 Å². The lowest BCUT2D eigenvalue weighted by Gasteiger charge is -2.07. The fourth-order valence-corrected chi connectivity index (χ4v) is 3.42. The number of benzene rings is 3. The van der Waals surface area contributed by atoms with Crippen molar-refractivity contribution in [2.24, 2.45) is 0 Å². The van der Waals surface area contributed by atoms with Crippen LogP contribution in [0.1, 0.15) is 5.56 Å². The van der Waals surface area contributed by atoms with E-state index in [0.29, 0.717) is 0 Å². The standard InChI is InChI=1S/C20H15N3/c1-13-6-2-5-9-18(13)23-19-11-10-15-14-7-3-4-8-17(14)22-20(15)16(19)12-21-23/h2-12,22H,1H3. The number of rotatable bonds is 1. The number of aromatic nitrogens is 3. The van der Waals surface area contributed by atoms with E-state index in [1.165, 1.54) is 21.9 Å². The van der Waals surface area contributed by atoms with Gasteiger partial charge in [0, 0.05) is 21.7 Å². The van der Waals surface area contributed by atoms with Crippen LogP contribution in [-0.2, 0) is 0 Å². The van der Waals surface area contributed by atoms with Gasteiger partial charge in [-0.1, -0.05) is 42.5 Å². The predicted octanol–water partition coefficient (Wildman–Crippen LogP) is 4.97. The van der Waals surface area contributed by atoms with Gasteiger partial charge < -0.3 is 4.98 Å². The first-order chi connectivity index (χ1) is 11.3. The van der Waals surface area contributed by atoms with Gasteiger partial charge in [-0.25, -0.2) is 4.68 Å². The smallest absolute Gasteiger partial charge is 0.0762 e. The van der Waals surface area contributed by atoms with E-state index in [1.807, 2.05) is 10.9 Å². The first-order valence-corrected chi connectivity index (χ1v) is 7.76. The third-order valence-electron chi connectivity index (χ3n) is 4.57. The van der Waals surface area contributed by atoms with Gasteiger partial charge in [0.15, 0.2) is 0 Å². The van der Waals surface area contributed by atoms with E-state index in [0.717, 1.165) is 22.1 Å². The summed E-state index contributed by atoms with van der Waals surface area (Å²) in [4.78, 5) is 3.55. The number of aryl methyl sites for hydroxylation is 1. The molecule has 0 aliphatic carbocycles. The predicted molar refractivity (Wildman–Crippen MR) is 95.2 cm³/mol. The molecule has 0 aliphatic rings. The highest BCUT2D eigenvalue weighted by atomic mass is 15.3. The molecule has 3 aromatic carbocycles. The van der Waals surface area contributed by atoms with Crippen LogP contribution in [-0.4, -0.2) is 14.8 Å². The van der Waals surface area contributed by atoms with Crippen molar-refractivity contribution in [2.75, 3.05) is 0 Å². The molecule has 0 atom stereocenters. The fourth-order valence-electron chi connectivity index (χ4n) is 3.42. The molecular formula is C20H15N3. The Balaban J connectivity index is 1.89. The van der Waals surface area contributed by atoms with Crippen molar-refractivity contribution in [1.29, 1.82) is 0 Å². The van der Waals surface area contributed by atoms with Gasteiger partial charge in [-0.15, -0.1) is 0 Å². The lowest BCUT2D eigenvalue weighted by atomic mass is 10.1. The summed E-state index contributed by atoms with van der Waals surface area (Å²) in [5.74, 6) is 0. The van der Waals surface area contributed by atoms with Gasteiger partial charge in [-0.05, 0) is 30.7 Å². The molecule has 0 aliphatic heterocycles. The average molecular weight is 297 g/mol. The molecule has 0 spiro atoms. The van der Waals surface area contributed by atoms with Crippen LogP contribution in [0.4, 0.5) is 0 Å². The van der Waals surface area contributed by atoms with Gasteiger partial charge in [0.05, 0.1) is 22.9 Å². The lowest BCUT2D eigenvalue weighted by Crippen LogP contribution is -1.98. The largest absolute Gasteiger partial charge is 0.354 e. The van der Waals surface area contributed by atoms with E-state index in [2.05, 4.69) is 77.7 Å². The van der Waals surface area contributed by atoms with Gasteiger partial charge in [-0.2, -0.15) is 5.10 Å². The number of hydrogen-bond acceptors (Lipinski definition) is 1. The monoisotopic (exact) mass is 297 g/mol. The van der Waals surface area contributed by atoms with Crippen LogP contribution in [0.2, 0.25) is 0 Å². The minimum absolute atomic E-state index is 1.12. The Morgan fingerprint density at radius 3 is 2.57 bits per heavy atom. The van der Waals surface area contributed by atoms with Crippen LogP contribution in [0, 0.1) is 6.92 Å². The number of nitrogens with one attached hydrogen (secondary N) is 1. The summed E-state index contributed by atoms with van der Waals surface area (Å²) in [6.07, 6.45) is 1.96. The van der Waals surface area contributed by atoms with Gasteiger partial charge in [0.1, 0.15) is 0 Å². The zero-order valence-electron chi connectivity index (χ0n) is 12.7. The summed E-state index contributed by atoms with van der Waals surface area (Å²) in [7, 11) is 0. The van der Waals surface area contributed by atoms with Crippen molar-refractivity contribution in [3.63, 3.8) is 0 Å². The molecule has 0 fully saturated rings. The molecule has 5 rings (SSSR count). The van der Waals surface area contributed by atoms with Crippen LogP contribution in [0.5, 0.6) is 0 Å². The van der Waals surface area contributed by atoms with Crippen molar-refractivity contribution in [2.45, 2.75) is 6.92 Å². The number of hydrogen-bond donors (Lipinski definition) is 1. The maximum absolute atomic E-state index is 4.64. The van der Waals surface area contributed by atoms with Crippen LogP contribution in [0.15, 0.2) is 66.9 Å². The maximum Gasteiger partial charge on any atom is 0.0762 e. The Morgan fingerprint density at radius 2 is 1.65 bits per heavy atom. The highest BCUT2D eigenvalue weighted by Gasteiger charge is 2.12. The maximum atomic E-state index is 4.64. The number of aromatic amines is 1. The van der Waals surface area contributed by atoms with E-state index in [9.17, 15) is 0 Å². The third kappa shape index (κ3) is 1.67. The highest BCUT2D eigenvalue weighted by Crippen LogP contribution is 2.32. The lowest BCUT2D eigenvalue weighted by molar-refractivity contribution is 0.902. The minimum atomic E-state index is 1.12. The molecule has 2 heterocycles. The van der Waals surface area contributed by atoms with Crippen molar-refractivity contribution < 1.29 is 0 Å². The summed E-state index contributed by atoms with van der Waals surface area (Å²) in [6.45, 7) is 2.12. The quantitative estimate of drug-likeness (QED) is 0.465. The molecule has 0 unspecified atom stereocenters. The van der Waals surface area contributed by atoms with E-state index in [1.54, 1.807) is 0 Å². The molecule has 1 N–H and O–H groups in total. The van der Waals surface area contributed by atoms with E-state index in [4.69, 9.17) is 0 Å². The Labute approximate surface area is 133 Å². The summed E-state index contributed by atoms with van der Waals surface area (Å²) < 4.78 is 2.02.